The van der Waals surface area contributed by atoms with Gasteiger partial charge in [-0.2, -0.15) is 0 Å². The van der Waals surface area contributed by atoms with Gasteiger partial charge in [0.1, 0.15) is 0 Å². The maximum Gasteiger partial charge on any atom is 0.0781 e. The number of para-hydroxylation sites is 1. The first kappa shape index (κ1) is 13.0. The van der Waals surface area contributed by atoms with E-state index in [1.807, 2.05) is 25.1 Å². The van der Waals surface area contributed by atoms with E-state index in [2.05, 4.69) is 38.8 Å². The van der Waals surface area contributed by atoms with Crippen molar-refractivity contribution in [2.45, 2.75) is 39.8 Å². The highest BCUT2D eigenvalue weighted by Crippen LogP contribution is 2.27. The molecule has 2 unspecified atom stereocenters. The van der Waals surface area contributed by atoms with Crippen LogP contribution in [-0.2, 0) is 0 Å². The average Bonchev–Trinajstić information content (AvgIpc) is 2.26. The van der Waals surface area contributed by atoms with Crippen LogP contribution < -0.4 is 4.90 Å². The molecule has 0 amide bonds. The highest BCUT2D eigenvalue weighted by atomic mass is 16.3. The van der Waals surface area contributed by atoms with E-state index in [-0.39, 0.29) is 0 Å². The normalized spacial score (nSPS) is 14.9. The van der Waals surface area contributed by atoms with E-state index in [4.69, 9.17) is 0 Å². The van der Waals surface area contributed by atoms with Crippen LogP contribution in [0, 0.1) is 5.92 Å². The van der Waals surface area contributed by atoms with E-state index >= 15 is 0 Å². The summed E-state index contributed by atoms with van der Waals surface area (Å²) in [5.74, 6) is 0.590. The summed E-state index contributed by atoms with van der Waals surface area (Å²) in [5, 5.41) is 9.75. The Balaban J connectivity index is 3.03. The molecule has 2 nitrogen and oxygen atoms in total. The van der Waals surface area contributed by atoms with Gasteiger partial charge in [0.25, 0.3) is 0 Å². The zero-order valence-corrected chi connectivity index (χ0v) is 10.9. The summed E-state index contributed by atoms with van der Waals surface area (Å²) in [7, 11) is 2.09. The minimum absolute atomic E-state index is 0.419. The van der Waals surface area contributed by atoms with Crippen LogP contribution in [0.2, 0.25) is 0 Å². The monoisotopic (exact) mass is 221 g/mol. The molecule has 2 heteroatoms. The van der Waals surface area contributed by atoms with Crippen LogP contribution in [0.5, 0.6) is 0 Å². The number of anilines is 1. The number of rotatable bonds is 4. The van der Waals surface area contributed by atoms with Crippen LogP contribution in [0.1, 0.15) is 39.4 Å². The lowest BCUT2D eigenvalue weighted by atomic mass is 10.0. The molecule has 1 aromatic rings. The van der Waals surface area contributed by atoms with Gasteiger partial charge in [-0.05, 0) is 25.8 Å². The van der Waals surface area contributed by atoms with Crippen molar-refractivity contribution in [1.29, 1.82) is 0 Å². The molecule has 1 rings (SSSR count). The summed E-state index contributed by atoms with van der Waals surface area (Å²) in [4.78, 5) is 2.24. The van der Waals surface area contributed by atoms with E-state index in [1.165, 1.54) is 0 Å². The summed E-state index contributed by atoms with van der Waals surface area (Å²) in [6.45, 7) is 8.45. The van der Waals surface area contributed by atoms with Crippen LogP contribution >= 0.6 is 0 Å². The first-order valence-electron chi connectivity index (χ1n) is 5.95. The van der Waals surface area contributed by atoms with Gasteiger partial charge in [0.05, 0.1) is 6.10 Å². The van der Waals surface area contributed by atoms with Gasteiger partial charge >= 0.3 is 0 Å². The highest BCUT2D eigenvalue weighted by Gasteiger charge is 2.17. The second-order valence-electron chi connectivity index (χ2n) is 4.83. The Morgan fingerprint density at radius 3 is 2.12 bits per heavy atom. The Morgan fingerprint density at radius 1 is 1.06 bits per heavy atom. The van der Waals surface area contributed by atoms with Crippen molar-refractivity contribution >= 4 is 5.69 Å². The highest BCUT2D eigenvalue weighted by molar-refractivity contribution is 5.54. The van der Waals surface area contributed by atoms with Crippen molar-refractivity contribution in [1.82, 2.24) is 0 Å². The molecule has 0 saturated heterocycles. The Kier molecular flexibility index (Phi) is 4.36. The van der Waals surface area contributed by atoms with Gasteiger partial charge in [0, 0.05) is 24.3 Å². The Morgan fingerprint density at radius 2 is 1.62 bits per heavy atom. The lowest BCUT2D eigenvalue weighted by molar-refractivity contribution is 0.199. The molecule has 0 spiro atoms. The van der Waals surface area contributed by atoms with Crippen LogP contribution in [0.25, 0.3) is 0 Å². The first-order chi connectivity index (χ1) is 7.45. The summed E-state index contributed by atoms with van der Waals surface area (Å²) in [6, 6.07) is 8.51. The van der Waals surface area contributed by atoms with Gasteiger partial charge in [-0.1, -0.05) is 32.0 Å². The third-order valence-corrected chi connectivity index (χ3v) is 3.34. The molecule has 0 saturated carbocycles. The molecule has 0 aliphatic carbocycles. The standard InChI is InChI=1S/C14H23NO/c1-10(2)11(3)15(5)14-9-7-6-8-13(14)12(4)16/h6-12,16H,1-5H3. The van der Waals surface area contributed by atoms with Crippen molar-refractivity contribution < 1.29 is 5.11 Å². The zero-order valence-electron chi connectivity index (χ0n) is 10.9. The smallest absolute Gasteiger partial charge is 0.0781 e. The molecule has 0 aliphatic rings. The SMILES string of the molecule is CC(O)c1ccccc1N(C)C(C)C(C)C. The van der Waals surface area contributed by atoms with E-state index in [0.717, 1.165) is 11.3 Å². The first-order valence-corrected chi connectivity index (χ1v) is 5.95. The minimum atomic E-state index is -0.419. The molecule has 16 heavy (non-hydrogen) atoms. The lowest BCUT2D eigenvalue weighted by Gasteiger charge is -2.32. The van der Waals surface area contributed by atoms with Crippen molar-refractivity contribution in [3.63, 3.8) is 0 Å². The second-order valence-corrected chi connectivity index (χ2v) is 4.83. The number of aliphatic hydroxyl groups excluding tert-OH is 1. The fourth-order valence-corrected chi connectivity index (χ4v) is 1.83. The summed E-state index contributed by atoms with van der Waals surface area (Å²) < 4.78 is 0. The number of benzene rings is 1. The molecule has 90 valence electrons. The number of hydrogen-bond acceptors (Lipinski definition) is 2. The van der Waals surface area contributed by atoms with Gasteiger partial charge in [0.15, 0.2) is 0 Å². The Labute approximate surface area is 98.9 Å². The topological polar surface area (TPSA) is 23.5 Å². The lowest BCUT2D eigenvalue weighted by Crippen LogP contribution is -2.33. The molecule has 0 radical (unpaired) electrons. The average molecular weight is 221 g/mol. The second kappa shape index (κ2) is 5.35. The van der Waals surface area contributed by atoms with Crippen molar-refractivity contribution in [3.8, 4) is 0 Å². The molecule has 0 bridgehead atoms. The number of hydrogen-bond donors (Lipinski definition) is 1. The van der Waals surface area contributed by atoms with Crippen LogP contribution in [0.15, 0.2) is 24.3 Å². The molecule has 1 aromatic carbocycles. The number of aliphatic hydroxyl groups is 1. The van der Waals surface area contributed by atoms with E-state index in [9.17, 15) is 5.11 Å². The van der Waals surface area contributed by atoms with Crippen molar-refractivity contribution in [3.05, 3.63) is 29.8 Å². The van der Waals surface area contributed by atoms with Crippen LogP contribution in [0.3, 0.4) is 0 Å². The van der Waals surface area contributed by atoms with E-state index < -0.39 is 6.10 Å². The fourth-order valence-electron chi connectivity index (χ4n) is 1.83. The van der Waals surface area contributed by atoms with Crippen molar-refractivity contribution in [2.75, 3.05) is 11.9 Å². The Bertz CT molecular complexity index is 333. The molecule has 1 N–H and O–H groups in total. The summed E-state index contributed by atoms with van der Waals surface area (Å²) in [5.41, 5.74) is 2.12. The van der Waals surface area contributed by atoms with Gasteiger partial charge < -0.3 is 10.0 Å². The molecule has 0 heterocycles. The predicted octanol–water partition coefficient (Wildman–Crippen LogP) is 3.22. The summed E-state index contributed by atoms with van der Waals surface area (Å²) >= 11 is 0. The molecular weight excluding hydrogens is 198 g/mol. The van der Waals surface area contributed by atoms with E-state index in [1.54, 1.807) is 0 Å². The quantitative estimate of drug-likeness (QED) is 0.844. The van der Waals surface area contributed by atoms with Gasteiger partial charge in [-0.25, -0.2) is 0 Å². The number of nitrogens with zero attached hydrogens (tertiary/aromatic N) is 1. The third-order valence-electron chi connectivity index (χ3n) is 3.34. The van der Waals surface area contributed by atoms with E-state index in [0.29, 0.717) is 12.0 Å². The molecule has 0 aliphatic heterocycles. The minimum Gasteiger partial charge on any atom is -0.389 e. The molecule has 0 fully saturated rings. The maximum absolute atomic E-state index is 9.75. The van der Waals surface area contributed by atoms with Gasteiger partial charge in [-0.3, -0.25) is 0 Å². The molecule has 0 aromatic heterocycles. The fraction of sp³-hybridized carbons (Fsp3) is 0.571. The van der Waals surface area contributed by atoms with Crippen LogP contribution in [0.4, 0.5) is 5.69 Å². The Hall–Kier alpha value is -1.02. The summed E-state index contributed by atoms with van der Waals surface area (Å²) in [6.07, 6.45) is -0.419. The third kappa shape index (κ3) is 2.76. The van der Waals surface area contributed by atoms with Gasteiger partial charge in [0.2, 0.25) is 0 Å². The molecular formula is C14H23NO. The molecule has 2 atom stereocenters. The van der Waals surface area contributed by atoms with Crippen molar-refractivity contribution in [2.24, 2.45) is 5.92 Å². The van der Waals surface area contributed by atoms with Crippen LogP contribution in [-0.4, -0.2) is 18.2 Å². The van der Waals surface area contributed by atoms with Gasteiger partial charge in [-0.15, -0.1) is 0 Å². The maximum atomic E-state index is 9.75. The zero-order chi connectivity index (χ0) is 12.3. The largest absolute Gasteiger partial charge is 0.389 e. The predicted molar refractivity (Wildman–Crippen MR) is 69.8 cm³/mol.